The molecule has 29 heavy (non-hydrogen) atoms. The molecule has 0 aromatic heterocycles. The van der Waals surface area contributed by atoms with Gasteiger partial charge < -0.3 is 19.3 Å². The molecule has 4 fully saturated rings. The number of methoxy groups -OCH3 is 3. The molecule has 0 aromatic rings. The lowest BCUT2D eigenvalue weighted by atomic mass is 9.43. The summed E-state index contributed by atoms with van der Waals surface area (Å²) in [6, 6.07) is 0. The maximum absolute atomic E-state index is 11.5. The van der Waals surface area contributed by atoms with Crippen molar-refractivity contribution in [3.63, 3.8) is 0 Å². The number of hydrogen-bond acceptors (Lipinski definition) is 4. The van der Waals surface area contributed by atoms with E-state index >= 15 is 0 Å². The Morgan fingerprint density at radius 1 is 0.931 bits per heavy atom. The molecule has 4 aliphatic rings. The van der Waals surface area contributed by atoms with Crippen molar-refractivity contribution in [1.29, 1.82) is 0 Å². The fourth-order valence-electron chi connectivity index (χ4n) is 8.97. The topological polar surface area (TPSA) is 47.9 Å². The van der Waals surface area contributed by atoms with E-state index in [9.17, 15) is 5.11 Å². The molecule has 0 saturated heterocycles. The van der Waals surface area contributed by atoms with Gasteiger partial charge in [0.25, 0.3) is 0 Å². The Bertz CT molecular complexity index is 589. The van der Waals surface area contributed by atoms with E-state index in [1.807, 2.05) is 7.11 Å². The molecule has 0 radical (unpaired) electrons. The summed E-state index contributed by atoms with van der Waals surface area (Å²) in [5, 5.41) is 11.5. The van der Waals surface area contributed by atoms with Crippen LogP contribution in [0.15, 0.2) is 0 Å². The monoisotopic (exact) mass is 408 g/mol. The highest BCUT2D eigenvalue weighted by atomic mass is 16.7. The lowest BCUT2D eigenvalue weighted by molar-refractivity contribution is -0.269. The Morgan fingerprint density at radius 2 is 1.62 bits per heavy atom. The highest BCUT2D eigenvalue weighted by Crippen LogP contribution is 2.68. The van der Waals surface area contributed by atoms with Gasteiger partial charge in [-0.15, -0.1) is 0 Å². The fraction of sp³-hybridized carbons (Fsp3) is 1.00. The predicted octanol–water partition coefficient (Wildman–Crippen LogP) is 4.89. The highest BCUT2D eigenvalue weighted by molar-refractivity contribution is 5.12. The summed E-state index contributed by atoms with van der Waals surface area (Å²) < 4.78 is 17.2. The number of aliphatic hydroxyl groups excluding tert-OH is 1. The van der Waals surface area contributed by atoms with Crippen LogP contribution in [0.3, 0.4) is 0 Å². The minimum absolute atomic E-state index is 0.177. The van der Waals surface area contributed by atoms with Gasteiger partial charge in [0.2, 0.25) is 0 Å². The van der Waals surface area contributed by atoms with Crippen molar-refractivity contribution in [2.24, 2.45) is 46.3 Å². The third-order valence-corrected chi connectivity index (χ3v) is 10.6. The molecule has 0 aliphatic heterocycles. The quantitative estimate of drug-likeness (QED) is 0.658. The van der Waals surface area contributed by atoms with Gasteiger partial charge in [-0.25, -0.2) is 0 Å². The van der Waals surface area contributed by atoms with Crippen LogP contribution >= 0.6 is 0 Å². The normalized spacial score (nSPS) is 49.8. The molecule has 0 aromatic carbocycles. The largest absolute Gasteiger partial charge is 0.393 e. The third-order valence-electron chi connectivity index (χ3n) is 10.6. The van der Waals surface area contributed by atoms with E-state index < -0.39 is 5.79 Å². The lowest BCUT2D eigenvalue weighted by Gasteiger charge is -2.63. The van der Waals surface area contributed by atoms with Crippen LogP contribution in [0.5, 0.6) is 0 Å². The van der Waals surface area contributed by atoms with E-state index in [0.29, 0.717) is 40.4 Å². The molecule has 4 nitrogen and oxygen atoms in total. The minimum atomic E-state index is -0.450. The summed E-state index contributed by atoms with van der Waals surface area (Å²) in [6.07, 6.45) is 8.96. The molecule has 168 valence electrons. The molecule has 0 spiro atoms. The highest BCUT2D eigenvalue weighted by Gasteiger charge is 2.64. The molecule has 0 heterocycles. The van der Waals surface area contributed by atoms with Crippen molar-refractivity contribution in [3.8, 4) is 0 Å². The molecule has 4 unspecified atom stereocenters. The van der Waals surface area contributed by atoms with Crippen molar-refractivity contribution in [2.75, 3.05) is 27.9 Å². The van der Waals surface area contributed by atoms with Gasteiger partial charge in [0.15, 0.2) is 5.79 Å². The Morgan fingerprint density at radius 3 is 2.28 bits per heavy atom. The second-order valence-corrected chi connectivity index (χ2v) is 11.5. The fourth-order valence-corrected chi connectivity index (χ4v) is 8.97. The van der Waals surface area contributed by atoms with Crippen molar-refractivity contribution in [1.82, 2.24) is 0 Å². The summed E-state index contributed by atoms with van der Waals surface area (Å²) in [4.78, 5) is 0. The Labute approximate surface area is 178 Å². The summed E-state index contributed by atoms with van der Waals surface area (Å²) in [6.45, 7) is 8.30. The van der Waals surface area contributed by atoms with Crippen LogP contribution in [0.2, 0.25) is 0 Å². The molecule has 4 aliphatic carbocycles. The van der Waals surface area contributed by atoms with Gasteiger partial charge in [-0.05, 0) is 84.9 Å². The molecule has 4 heteroatoms. The lowest BCUT2D eigenvalue weighted by Crippen LogP contribution is -2.60. The average Bonchev–Trinajstić information content (AvgIpc) is 3.06. The van der Waals surface area contributed by atoms with Gasteiger partial charge in [0.1, 0.15) is 0 Å². The van der Waals surface area contributed by atoms with Gasteiger partial charge >= 0.3 is 0 Å². The number of fused-ring (bicyclic) bond motifs is 5. The molecule has 9 atom stereocenters. The maximum Gasteiger partial charge on any atom is 0.167 e. The first kappa shape index (κ1) is 22.0. The van der Waals surface area contributed by atoms with Crippen LogP contribution in [-0.2, 0) is 14.2 Å². The average molecular weight is 409 g/mol. The summed E-state index contributed by atoms with van der Waals surface area (Å²) in [5.74, 6) is 3.14. The molecular formula is C25H44O4. The van der Waals surface area contributed by atoms with Crippen LogP contribution in [0.4, 0.5) is 0 Å². The van der Waals surface area contributed by atoms with Crippen LogP contribution in [-0.4, -0.2) is 44.9 Å². The van der Waals surface area contributed by atoms with E-state index in [1.165, 1.54) is 25.7 Å². The third kappa shape index (κ3) is 3.23. The molecule has 1 N–H and O–H groups in total. The SMILES string of the molecule is COCC(C)[C@H]1CCC2C3C(CC[C@@]21C)[C@@]1(C)CCC(OC)(OC)C[C@@H]1C[C@H]3O. The Hall–Kier alpha value is -0.160. The van der Waals surface area contributed by atoms with Gasteiger partial charge in [-0.1, -0.05) is 20.8 Å². The molecule has 4 saturated carbocycles. The first-order valence-corrected chi connectivity index (χ1v) is 12.0. The van der Waals surface area contributed by atoms with Crippen LogP contribution < -0.4 is 0 Å². The maximum atomic E-state index is 11.5. The van der Waals surface area contributed by atoms with Crippen molar-refractivity contribution in [2.45, 2.75) is 84.0 Å². The number of hydrogen-bond donors (Lipinski definition) is 1. The van der Waals surface area contributed by atoms with Gasteiger partial charge in [0, 0.05) is 40.8 Å². The van der Waals surface area contributed by atoms with Crippen molar-refractivity contribution in [3.05, 3.63) is 0 Å². The Kier molecular flexibility index (Phi) is 5.90. The van der Waals surface area contributed by atoms with Gasteiger partial charge in [0.05, 0.1) is 6.10 Å². The van der Waals surface area contributed by atoms with E-state index in [2.05, 4.69) is 20.8 Å². The first-order valence-electron chi connectivity index (χ1n) is 12.0. The first-order chi connectivity index (χ1) is 13.7. The zero-order valence-electron chi connectivity index (χ0n) is 19.6. The molecule has 4 rings (SSSR count). The minimum Gasteiger partial charge on any atom is -0.393 e. The second-order valence-electron chi connectivity index (χ2n) is 11.5. The summed E-state index contributed by atoms with van der Waals surface area (Å²) in [7, 11) is 5.39. The zero-order valence-corrected chi connectivity index (χ0v) is 19.6. The second kappa shape index (κ2) is 7.76. The molecule has 0 amide bonds. The van der Waals surface area contributed by atoms with Crippen molar-refractivity contribution >= 4 is 0 Å². The molecule has 0 bridgehead atoms. The van der Waals surface area contributed by atoms with Gasteiger partial charge in [-0.3, -0.25) is 0 Å². The van der Waals surface area contributed by atoms with Crippen LogP contribution in [0.1, 0.15) is 72.1 Å². The van der Waals surface area contributed by atoms with E-state index in [-0.39, 0.29) is 6.10 Å². The smallest absolute Gasteiger partial charge is 0.167 e. The standard InChI is InChI=1S/C25H44O4/c1-16(15-27-4)18-7-8-19-22-20(9-10-24(18,19)3)23(2)11-12-25(28-5,29-6)14-17(23)13-21(22)26/h16-22,26H,7-15H2,1-6H3/t16?,17-,18+,19?,20?,21+,22?,23-,24+/m0/s1. The number of rotatable bonds is 5. The van der Waals surface area contributed by atoms with E-state index in [4.69, 9.17) is 14.2 Å². The number of ether oxygens (including phenoxy) is 3. The van der Waals surface area contributed by atoms with E-state index in [0.717, 1.165) is 38.2 Å². The Balaban J connectivity index is 1.59. The van der Waals surface area contributed by atoms with Gasteiger partial charge in [-0.2, -0.15) is 0 Å². The summed E-state index contributed by atoms with van der Waals surface area (Å²) >= 11 is 0. The van der Waals surface area contributed by atoms with Crippen LogP contribution in [0, 0.1) is 46.3 Å². The van der Waals surface area contributed by atoms with E-state index in [1.54, 1.807) is 14.2 Å². The molecular weight excluding hydrogens is 364 g/mol. The zero-order chi connectivity index (χ0) is 21.0. The van der Waals surface area contributed by atoms with Crippen molar-refractivity contribution < 1.29 is 19.3 Å². The summed E-state index contributed by atoms with van der Waals surface area (Å²) in [5.41, 5.74) is 0.669. The predicted molar refractivity (Wildman–Crippen MR) is 114 cm³/mol. The van der Waals surface area contributed by atoms with Crippen LogP contribution in [0.25, 0.3) is 0 Å². The number of aliphatic hydroxyl groups is 1.